The lowest BCUT2D eigenvalue weighted by molar-refractivity contribution is -0.119. The van der Waals surface area contributed by atoms with E-state index >= 15 is 0 Å². The molecule has 0 spiro atoms. The van der Waals surface area contributed by atoms with E-state index in [0.29, 0.717) is 23.0 Å². The largest absolute Gasteiger partial charge is 0.451 e. The van der Waals surface area contributed by atoms with Crippen molar-refractivity contribution >= 4 is 28.3 Å². The van der Waals surface area contributed by atoms with Crippen LogP contribution in [0, 0.1) is 13.8 Å². The number of aromatic nitrogens is 2. The molecule has 0 saturated heterocycles. The van der Waals surface area contributed by atoms with Crippen molar-refractivity contribution in [2.45, 2.75) is 53.0 Å². The molecule has 1 N–H and O–H groups in total. The molecule has 0 saturated carbocycles. The fraction of sp³-hybridized carbons (Fsp3) is 0.360. The third-order valence-corrected chi connectivity index (χ3v) is 5.36. The number of nitrogens with one attached hydrogen (secondary N) is 1. The molecule has 1 heterocycles. The van der Waals surface area contributed by atoms with Gasteiger partial charge >= 0.3 is 5.97 Å². The van der Waals surface area contributed by atoms with Gasteiger partial charge in [0.25, 0.3) is 11.5 Å². The zero-order valence-corrected chi connectivity index (χ0v) is 18.8. The summed E-state index contributed by atoms with van der Waals surface area (Å²) in [5, 5.41) is 7.90. The number of aryl methyl sites for hydroxylation is 3. The summed E-state index contributed by atoms with van der Waals surface area (Å²) in [4.78, 5) is 38.0. The number of ether oxygens (including phenoxy) is 1. The zero-order valence-electron chi connectivity index (χ0n) is 18.8. The van der Waals surface area contributed by atoms with E-state index in [1.54, 1.807) is 24.3 Å². The molecule has 1 aromatic heterocycles. The monoisotopic (exact) mass is 435 g/mol. The molecular formula is C25H29N3O4. The van der Waals surface area contributed by atoms with Crippen LogP contribution in [0.15, 0.2) is 47.3 Å². The molecule has 2 aromatic carbocycles. The Morgan fingerprint density at radius 2 is 1.66 bits per heavy atom. The topological polar surface area (TPSA) is 90.3 Å². The standard InChI is InChI=1S/C25H29N3O4/c1-4-5-6-9-15-28-24(30)20-14-8-7-13-19(20)23(27-28)25(31)32-16-21(29)26-22-17(2)11-10-12-18(22)3/h7-8,10-14H,4-6,9,15-16H2,1-3H3,(H,26,29). The van der Waals surface area contributed by atoms with Crippen molar-refractivity contribution in [2.75, 3.05) is 11.9 Å². The predicted octanol–water partition coefficient (Wildman–Crippen LogP) is 4.39. The van der Waals surface area contributed by atoms with Gasteiger partial charge in [0.2, 0.25) is 0 Å². The first-order valence-corrected chi connectivity index (χ1v) is 11.0. The lowest BCUT2D eigenvalue weighted by atomic mass is 10.1. The van der Waals surface area contributed by atoms with Crippen LogP contribution in [-0.2, 0) is 16.1 Å². The third-order valence-electron chi connectivity index (χ3n) is 5.36. The number of para-hydroxylation sites is 1. The minimum atomic E-state index is -0.736. The Bertz CT molecular complexity index is 1160. The maximum Gasteiger partial charge on any atom is 0.359 e. The number of rotatable bonds is 9. The first-order chi connectivity index (χ1) is 15.4. The highest BCUT2D eigenvalue weighted by molar-refractivity contribution is 6.03. The van der Waals surface area contributed by atoms with E-state index < -0.39 is 18.5 Å². The number of anilines is 1. The molecule has 32 heavy (non-hydrogen) atoms. The van der Waals surface area contributed by atoms with Gasteiger partial charge in [-0.1, -0.05) is 62.6 Å². The summed E-state index contributed by atoms with van der Waals surface area (Å²) in [6.07, 6.45) is 3.94. The number of benzene rings is 2. The lowest BCUT2D eigenvalue weighted by Gasteiger charge is -2.13. The van der Waals surface area contributed by atoms with Gasteiger partial charge in [-0.2, -0.15) is 5.10 Å². The number of unbranched alkanes of at least 4 members (excludes halogenated alkanes) is 3. The van der Waals surface area contributed by atoms with E-state index in [2.05, 4.69) is 17.3 Å². The number of esters is 1. The number of carbonyl (C=O) groups is 2. The fourth-order valence-corrected chi connectivity index (χ4v) is 3.61. The van der Waals surface area contributed by atoms with E-state index in [1.807, 2.05) is 32.0 Å². The summed E-state index contributed by atoms with van der Waals surface area (Å²) >= 11 is 0. The van der Waals surface area contributed by atoms with Crippen molar-refractivity contribution in [3.05, 3.63) is 69.6 Å². The van der Waals surface area contributed by atoms with Gasteiger partial charge in [0.15, 0.2) is 12.3 Å². The Kier molecular flexibility index (Phi) is 7.76. The molecule has 7 nitrogen and oxygen atoms in total. The third kappa shape index (κ3) is 5.41. The Hall–Kier alpha value is -3.48. The Balaban J connectivity index is 1.77. The summed E-state index contributed by atoms with van der Waals surface area (Å²) in [6, 6.07) is 12.5. The van der Waals surface area contributed by atoms with Crippen molar-refractivity contribution in [3.63, 3.8) is 0 Å². The second-order valence-corrected chi connectivity index (χ2v) is 7.87. The minimum absolute atomic E-state index is 0.0376. The summed E-state index contributed by atoms with van der Waals surface area (Å²) in [6.45, 7) is 5.89. The summed E-state index contributed by atoms with van der Waals surface area (Å²) < 4.78 is 6.58. The van der Waals surface area contributed by atoms with Crippen molar-refractivity contribution in [2.24, 2.45) is 0 Å². The molecule has 0 fully saturated rings. The van der Waals surface area contributed by atoms with Gasteiger partial charge in [0, 0.05) is 17.6 Å². The van der Waals surface area contributed by atoms with Gasteiger partial charge in [0.05, 0.1) is 5.39 Å². The molecule has 0 atom stereocenters. The molecule has 0 aliphatic heterocycles. The van der Waals surface area contributed by atoms with E-state index in [0.717, 1.165) is 36.8 Å². The molecule has 0 radical (unpaired) electrons. The van der Waals surface area contributed by atoms with Gasteiger partial charge in [-0.15, -0.1) is 0 Å². The van der Waals surface area contributed by atoms with Crippen molar-refractivity contribution in [3.8, 4) is 0 Å². The molecule has 1 amide bonds. The smallest absolute Gasteiger partial charge is 0.359 e. The van der Waals surface area contributed by atoms with Gasteiger partial charge in [-0.05, 0) is 37.5 Å². The van der Waals surface area contributed by atoms with Crippen LogP contribution in [0.2, 0.25) is 0 Å². The second kappa shape index (κ2) is 10.7. The molecule has 0 bridgehead atoms. The van der Waals surface area contributed by atoms with E-state index in [9.17, 15) is 14.4 Å². The fourth-order valence-electron chi connectivity index (χ4n) is 3.61. The van der Waals surface area contributed by atoms with Crippen molar-refractivity contribution < 1.29 is 14.3 Å². The SMILES string of the molecule is CCCCCCn1nc(C(=O)OCC(=O)Nc2c(C)cccc2C)c2ccccc2c1=O. The molecule has 3 rings (SSSR count). The number of hydrogen-bond donors (Lipinski definition) is 1. The summed E-state index contributed by atoms with van der Waals surface area (Å²) in [5.74, 6) is -1.17. The number of hydrogen-bond acceptors (Lipinski definition) is 5. The van der Waals surface area contributed by atoms with E-state index in [1.165, 1.54) is 4.68 Å². The Morgan fingerprint density at radius 3 is 2.34 bits per heavy atom. The first kappa shape index (κ1) is 23.2. The van der Waals surface area contributed by atoms with Crippen LogP contribution in [0.1, 0.15) is 54.2 Å². The van der Waals surface area contributed by atoms with E-state index in [4.69, 9.17) is 4.74 Å². The Labute approximate surface area is 187 Å². The van der Waals surface area contributed by atoms with Crippen molar-refractivity contribution in [1.82, 2.24) is 9.78 Å². The average molecular weight is 436 g/mol. The lowest BCUT2D eigenvalue weighted by Crippen LogP contribution is -2.28. The molecule has 0 aliphatic carbocycles. The number of amides is 1. The first-order valence-electron chi connectivity index (χ1n) is 11.0. The summed E-state index contributed by atoms with van der Waals surface area (Å²) in [7, 11) is 0. The zero-order chi connectivity index (χ0) is 23.1. The molecule has 3 aromatic rings. The highest BCUT2D eigenvalue weighted by atomic mass is 16.5. The molecule has 0 unspecified atom stereocenters. The predicted molar refractivity (Wildman–Crippen MR) is 125 cm³/mol. The molecule has 7 heteroatoms. The van der Waals surface area contributed by atoms with Gasteiger partial charge in [-0.3, -0.25) is 9.59 Å². The molecule has 0 aliphatic rings. The van der Waals surface area contributed by atoms with Crippen LogP contribution in [0.25, 0.3) is 10.8 Å². The van der Waals surface area contributed by atoms with Crippen LogP contribution in [0.4, 0.5) is 5.69 Å². The number of nitrogens with zero attached hydrogens (tertiary/aromatic N) is 2. The van der Waals surface area contributed by atoms with E-state index in [-0.39, 0.29) is 11.3 Å². The van der Waals surface area contributed by atoms with Gasteiger partial charge in [-0.25, -0.2) is 9.48 Å². The van der Waals surface area contributed by atoms with Crippen LogP contribution < -0.4 is 10.9 Å². The van der Waals surface area contributed by atoms with Crippen molar-refractivity contribution in [1.29, 1.82) is 0 Å². The maximum atomic E-state index is 12.8. The van der Waals surface area contributed by atoms with Crippen LogP contribution in [0.5, 0.6) is 0 Å². The highest BCUT2D eigenvalue weighted by Gasteiger charge is 2.19. The second-order valence-electron chi connectivity index (χ2n) is 7.87. The number of fused-ring (bicyclic) bond motifs is 1. The quantitative estimate of drug-likeness (QED) is 0.398. The average Bonchev–Trinajstić information content (AvgIpc) is 2.79. The number of carbonyl (C=O) groups excluding carboxylic acids is 2. The molecule has 168 valence electrons. The Morgan fingerprint density at radius 1 is 0.969 bits per heavy atom. The molecular weight excluding hydrogens is 406 g/mol. The maximum absolute atomic E-state index is 12.8. The van der Waals surface area contributed by atoms with Gasteiger partial charge in [0.1, 0.15) is 0 Å². The van der Waals surface area contributed by atoms with Crippen LogP contribution in [-0.4, -0.2) is 28.3 Å². The normalized spacial score (nSPS) is 10.8. The van der Waals surface area contributed by atoms with Crippen LogP contribution in [0.3, 0.4) is 0 Å². The minimum Gasteiger partial charge on any atom is -0.451 e. The van der Waals surface area contributed by atoms with Crippen LogP contribution >= 0.6 is 0 Å². The van der Waals surface area contributed by atoms with Gasteiger partial charge < -0.3 is 10.1 Å². The summed E-state index contributed by atoms with van der Waals surface area (Å²) in [5.41, 5.74) is 2.36. The highest BCUT2D eigenvalue weighted by Crippen LogP contribution is 2.19.